The summed E-state index contributed by atoms with van der Waals surface area (Å²) in [5.41, 5.74) is 3.67. The molecule has 32 heavy (non-hydrogen) atoms. The van der Waals surface area contributed by atoms with Crippen molar-refractivity contribution in [1.82, 2.24) is 20.3 Å². The molecule has 4 rings (SSSR count). The molecule has 0 aliphatic carbocycles. The number of H-pyrrole nitrogens is 1. The summed E-state index contributed by atoms with van der Waals surface area (Å²) in [6.07, 6.45) is 3.23. The second kappa shape index (κ2) is 8.80. The highest BCUT2D eigenvalue weighted by molar-refractivity contribution is 6.35. The zero-order valence-electron chi connectivity index (χ0n) is 17.3. The average molecular weight is 455 g/mol. The molecular formula is C22H20ClFN6O2. The van der Waals surface area contributed by atoms with Crippen molar-refractivity contribution < 1.29 is 14.0 Å². The van der Waals surface area contributed by atoms with Gasteiger partial charge in [0.25, 0.3) is 5.91 Å². The van der Waals surface area contributed by atoms with Crippen LogP contribution in [0.2, 0.25) is 5.02 Å². The Morgan fingerprint density at radius 1 is 1.28 bits per heavy atom. The van der Waals surface area contributed by atoms with Gasteiger partial charge in [0.2, 0.25) is 5.91 Å². The van der Waals surface area contributed by atoms with E-state index in [1.165, 1.54) is 24.5 Å². The van der Waals surface area contributed by atoms with E-state index in [0.29, 0.717) is 40.7 Å². The number of rotatable bonds is 6. The summed E-state index contributed by atoms with van der Waals surface area (Å²) in [4.78, 5) is 36.2. The van der Waals surface area contributed by atoms with Crippen LogP contribution >= 0.6 is 11.6 Å². The molecule has 4 N–H and O–H groups in total. The maximum Gasteiger partial charge on any atom is 0.257 e. The molecule has 0 radical (unpaired) electrons. The van der Waals surface area contributed by atoms with E-state index in [4.69, 9.17) is 11.6 Å². The number of amides is 2. The van der Waals surface area contributed by atoms with Crippen LogP contribution in [0.1, 0.15) is 29.4 Å². The predicted molar refractivity (Wildman–Crippen MR) is 121 cm³/mol. The molecule has 0 spiro atoms. The van der Waals surface area contributed by atoms with Crippen molar-refractivity contribution in [2.75, 3.05) is 17.2 Å². The maximum atomic E-state index is 13.5. The first-order valence-corrected chi connectivity index (χ1v) is 10.3. The Balaban J connectivity index is 1.69. The van der Waals surface area contributed by atoms with Gasteiger partial charge in [-0.05, 0) is 49.8 Å². The van der Waals surface area contributed by atoms with Crippen LogP contribution < -0.4 is 16.0 Å². The van der Waals surface area contributed by atoms with Gasteiger partial charge in [0, 0.05) is 23.6 Å². The second-order valence-corrected chi connectivity index (χ2v) is 7.64. The van der Waals surface area contributed by atoms with Crippen LogP contribution in [0.5, 0.6) is 0 Å². The van der Waals surface area contributed by atoms with E-state index in [1.54, 1.807) is 6.08 Å². The normalized spacial score (nSPS) is 13.8. The Labute approximate surface area is 188 Å². The fraction of sp³-hybridized carbons (Fsp3) is 0.182. The number of aryl methyl sites for hydroxylation is 1. The Kier molecular flexibility index (Phi) is 5.91. The van der Waals surface area contributed by atoms with Gasteiger partial charge in [0.05, 0.1) is 22.6 Å². The molecule has 1 aliphatic heterocycles. The lowest BCUT2D eigenvalue weighted by Crippen LogP contribution is -2.24. The molecule has 2 aromatic heterocycles. The van der Waals surface area contributed by atoms with Gasteiger partial charge >= 0.3 is 0 Å². The molecule has 164 valence electrons. The summed E-state index contributed by atoms with van der Waals surface area (Å²) in [5, 5.41) is 8.52. The van der Waals surface area contributed by atoms with Gasteiger partial charge in [-0.1, -0.05) is 11.6 Å². The van der Waals surface area contributed by atoms with Crippen molar-refractivity contribution in [3.05, 3.63) is 63.9 Å². The third-order valence-electron chi connectivity index (χ3n) is 4.90. The first kappa shape index (κ1) is 21.5. The largest absolute Gasteiger partial charge is 0.358 e. The molecule has 1 aromatic carbocycles. The minimum atomic E-state index is -0.534. The van der Waals surface area contributed by atoms with Crippen LogP contribution in [-0.2, 0) is 16.0 Å². The number of nitrogens with zero attached hydrogens (tertiary/aromatic N) is 2. The van der Waals surface area contributed by atoms with E-state index in [2.05, 4.69) is 30.9 Å². The van der Waals surface area contributed by atoms with Crippen molar-refractivity contribution in [3.8, 4) is 0 Å². The zero-order valence-corrected chi connectivity index (χ0v) is 18.1. The van der Waals surface area contributed by atoms with E-state index in [9.17, 15) is 14.0 Å². The molecule has 8 nitrogen and oxygen atoms in total. The van der Waals surface area contributed by atoms with E-state index < -0.39 is 5.82 Å². The second-order valence-electron chi connectivity index (χ2n) is 7.23. The highest BCUT2D eigenvalue weighted by atomic mass is 35.5. The summed E-state index contributed by atoms with van der Waals surface area (Å²) in [6.45, 7) is 4.30. The molecule has 0 saturated heterocycles. The van der Waals surface area contributed by atoms with Gasteiger partial charge in [-0.25, -0.2) is 14.4 Å². The van der Waals surface area contributed by atoms with Gasteiger partial charge in [-0.3, -0.25) is 9.59 Å². The molecule has 2 amide bonds. The first-order chi connectivity index (χ1) is 15.4. The molecule has 3 heterocycles. The summed E-state index contributed by atoms with van der Waals surface area (Å²) < 4.78 is 13.5. The van der Waals surface area contributed by atoms with Crippen LogP contribution in [0.4, 0.5) is 21.7 Å². The van der Waals surface area contributed by atoms with E-state index in [0.717, 1.165) is 11.3 Å². The number of halogens is 2. The van der Waals surface area contributed by atoms with Gasteiger partial charge in [0.1, 0.15) is 23.8 Å². The fourth-order valence-corrected chi connectivity index (χ4v) is 3.62. The lowest BCUT2D eigenvalue weighted by Gasteiger charge is -2.10. The predicted octanol–water partition coefficient (Wildman–Crippen LogP) is 3.82. The summed E-state index contributed by atoms with van der Waals surface area (Å²) in [5.74, 6) is -0.226. The van der Waals surface area contributed by atoms with Crippen molar-refractivity contribution in [2.24, 2.45) is 0 Å². The number of carbonyl (C=O) groups is 2. The van der Waals surface area contributed by atoms with E-state index >= 15 is 0 Å². The Morgan fingerprint density at radius 3 is 2.84 bits per heavy atom. The lowest BCUT2D eigenvalue weighted by molar-refractivity contribution is -0.120. The smallest absolute Gasteiger partial charge is 0.257 e. The highest BCUT2D eigenvalue weighted by Gasteiger charge is 2.29. The minimum absolute atomic E-state index is 0.0349. The Morgan fingerprint density at radius 2 is 2.09 bits per heavy atom. The topological polar surface area (TPSA) is 112 Å². The van der Waals surface area contributed by atoms with Crippen molar-refractivity contribution in [1.29, 1.82) is 0 Å². The van der Waals surface area contributed by atoms with Crippen molar-refractivity contribution >= 4 is 52.4 Å². The molecule has 10 heteroatoms. The monoisotopic (exact) mass is 454 g/mol. The standard InChI is InChI=1S/C22H20ClFN6O2/c1-3-25-18(31)8-13-6-11(2)17(28-13)9-14-19-20(26-10-27-21(19)30-22(14)32)29-12-4-5-16(24)15(23)7-12/h4-7,9-10,28H,3,8H2,1-2H3,(H,25,31)(H2,26,27,29,30,32)/b14-9-. The SMILES string of the molecule is CCNC(=O)Cc1cc(C)c(/C=C2\C(=O)Nc3ncnc(Nc4ccc(F)c(Cl)c4)c32)[nH]1. The van der Waals surface area contributed by atoms with E-state index in [-0.39, 0.29) is 23.3 Å². The lowest BCUT2D eigenvalue weighted by atomic mass is 10.1. The number of likely N-dealkylation sites (N-methyl/N-ethyl adjacent to an activating group) is 1. The number of nitrogens with one attached hydrogen (secondary N) is 4. The third-order valence-corrected chi connectivity index (χ3v) is 5.19. The van der Waals surface area contributed by atoms with E-state index in [1.807, 2.05) is 19.9 Å². The number of hydrogen-bond acceptors (Lipinski definition) is 5. The number of aromatic amines is 1. The van der Waals surface area contributed by atoms with Gasteiger partial charge < -0.3 is 20.9 Å². The average Bonchev–Trinajstić information content (AvgIpc) is 3.24. The maximum absolute atomic E-state index is 13.5. The van der Waals surface area contributed by atoms with Crippen LogP contribution in [-0.4, -0.2) is 33.3 Å². The third kappa shape index (κ3) is 4.33. The number of aromatic nitrogens is 3. The number of hydrogen-bond donors (Lipinski definition) is 4. The van der Waals surface area contributed by atoms with Crippen molar-refractivity contribution in [2.45, 2.75) is 20.3 Å². The molecule has 0 atom stereocenters. The van der Waals surface area contributed by atoms with Crippen LogP contribution in [0.25, 0.3) is 11.6 Å². The Hall–Kier alpha value is -3.72. The van der Waals surface area contributed by atoms with Gasteiger partial charge in [0.15, 0.2) is 0 Å². The first-order valence-electron chi connectivity index (χ1n) is 9.91. The molecule has 0 bridgehead atoms. The summed E-state index contributed by atoms with van der Waals surface area (Å²) >= 11 is 5.87. The van der Waals surface area contributed by atoms with Crippen LogP contribution in [0.15, 0.2) is 30.6 Å². The molecule has 3 aromatic rings. The molecule has 1 aliphatic rings. The molecular weight excluding hydrogens is 435 g/mol. The fourth-order valence-electron chi connectivity index (χ4n) is 3.44. The number of benzene rings is 1. The van der Waals surface area contributed by atoms with Crippen LogP contribution in [0.3, 0.4) is 0 Å². The number of carbonyl (C=O) groups excluding carboxylic acids is 2. The summed E-state index contributed by atoms with van der Waals surface area (Å²) in [7, 11) is 0. The van der Waals surface area contributed by atoms with Crippen molar-refractivity contribution in [3.63, 3.8) is 0 Å². The Bertz CT molecular complexity index is 1250. The quantitative estimate of drug-likeness (QED) is 0.423. The molecule has 0 unspecified atom stereocenters. The zero-order chi connectivity index (χ0) is 22.8. The van der Waals surface area contributed by atoms with Gasteiger partial charge in [-0.2, -0.15) is 0 Å². The minimum Gasteiger partial charge on any atom is -0.358 e. The highest BCUT2D eigenvalue weighted by Crippen LogP contribution is 2.37. The molecule has 0 fully saturated rings. The van der Waals surface area contributed by atoms with Gasteiger partial charge in [-0.15, -0.1) is 0 Å². The van der Waals surface area contributed by atoms with Crippen LogP contribution in [0, 0.1) is 12.7 Å². The summed E-state index contributed by atoms with van der Waals surface area (Å²) in [6, 6.07) is 6.06. The number of anilines is 3. The number of fused-ring (bicyclic) bond motifs is 1. The molecule has 0 saturated carbocycles.